The van der Waals surface area contributed by atoms with Gasteiger partial charge in [0.25, 0.3) is 5.91 Å². The summed E-state index contributed by atoms with van der Waals surface area (Å²) in [5.41, 5.74) is -0.168. The van der Waals surface area contributed by atoms with Crippen molar-refractivity contribution in [3.63, 3.8) is 0 Å². The Balaban J connectivity index is 1.51. The van der Waals surface area contributed by atoms with Gasteiger partial charge in [0.05, 0.1) is 13.0 Å². The Kier molecular flexibility index (Phi) is 9.99. The molecule has 2 aliphatic rings. The molecule has 1 N–H and O–H groups in total. The van der Waals surface area contributed by atoms with E-state index in [-0.39, 0.29) is 35.5 Å². The molecule has 1 saturated heterocycles. The van der Waals surface area contributed by atoms with E-state index in [1.807, 2.05) is 18.2 Å². The van der Waals surface area contributed by atoms with Gasteiger partial charge in [-0.3, -0.25) is 14.4 Å². The second-order valence-electron chi connectivity index (χ2n) is 9.83. The van der Waals surface area contributed by atoms with Gasteiger partial charge < -0.3 is 33.7 Å². The largest absolute Gasteiger partial charge is 0.493 e. The van der Waals surface area contributed by atoms with Crippen molar-refractivity contribution in [2.24, 2.45) is 5.92 Å². The first-order valence-corrected chi connectivity index (χ1v) is 13.5. The van der Waals surface area contributed by atoms with E-state index in [0.29, 0.717) is 18.6 Å². The van der Waals surface area contributed by atoms with Crippen LogP contribution in [0.2, 0.25) is 0 Å². The number of hydrogen-bond donors (Lipinski definition) is 1. The average Bonchev–Trinajstić information content (AvgIpc) is 3.80. The molecule has 0 bridgehead atoms. The lowest BCUT2D eigenvalue weighted by Crippen LogP contribution is -2.47. The van der Waals surface area contributed by atoms with Gasteiger partial charge in [-0.1, -0.05) is 18.2 Å². The molecule has 41 heavy (non-hydrogen) atoms. The summed E-state index contributed by atoms with van der Waals surface area (Å²) < 4.78 is 33.3. The highest BCUT2D eigenvalue weighted by Crippen LogP contribution is 2.33. The Bertz CT molecular complexity index is 1230. The lowest BCUT2D eigenvalue weighted by atomic mass is 10.0. The molecule has 2 aromatic rings. The third kappa shape index (κ3) is 8.09. The number of pyridine rings is 1. The van der Waals surface area contributed by atoms with Crippen molar-refractivity contribution >= 4 is 23.8 Å². The monoisotopic (exact) mass is 570 g/mol. The van der Waals surface area contributed by atoms with Crippen molar-refractivity contribution in [1.29, 1.82) is 0 Å². The maximum atomic E-state index is 13.3. The van der Waals surface area contributed by atoms with E-state index in [1.165, 1.54) is 26.3 Å². The molecule has 12 nitrogen and oxygen atoms in total. The summed E-state index contributed by atoms with van der Waals surface area (Å²) >= 11 is 0. The number of amides is 1. The number of nitrogens with zero attached hydrogens (tertiary/aromatic N) is 1. The van der Waals surface area contributed by atoms with Gasteiger partial charge in [-0.2, -0.15) is 0 Å². The van der Waals surface area contributed by atoms with Gasteiger partial charge in [0.2, 0.25) is 6.79 Å². The lowest BCUT2D eigenvalue weighted by molar-refractivity contribution is -0.175. The molecule has 2 fully saturated rings. The number of rotatable bonds is 10. The van der Waals surface area contributed by atoms with Crippen LogP contribution in [0.1, 0.15) is 56.4 Å². The van der Waals surface area contributed by atoms with Gasteiger partial charge in [-0.25, -0.2) is 9.78 Å². The van der Waals surface area contributed by atoms with Gasteiger partial charge in [-0.05, 0) is 51.2 Å². The van der Waals surface area contributed by atoms with Crippen LogP contribution in [-0.2, 0) is 28.6 Å². The van der Waals surface area contributed by atoms with E-state index in [4.69, 9.17) is 28.4 Å². The highest BCUT2D eigenvalue weighted by Gasteiger charge is 2.41. The highest BCUT2D eigenvalue weighted by atomic mass is 16.7. The highest BCUT2D eigenvalue weighted by molar-refractivity contribution is 5.98. The Labute approximate surface area is 237 Å². The molecular weight excluding hydrogens is 536 g/mol. The molecule has 1 aliphatic carbocycles. The maximum absolute atomic E-state index is 13.3. The minimum absolute atomic E-state index is 0.0538. The van der Waals surface area contributed by atoms with Gasteiger partial charge in [0, 0.05) is 19.2 Å². The molecule has 220 valence electrons. The number of aromatic nitrogens is 1. The van der Waals surface area contributed by atoms with Crippen LogP contribution in [0.25, 0.3) is 0 Å². The second kappa shape index (κ2) is 13.8. The fraction of sp³-hybridized carbons (Fsp3) is 0.483. The topological polar surface area (TPSA) is 149 Å². The number of cyclic esters (lactones) is 1. The molecule has 12 heteroatoms. The molecule has 1 aromatic carbocycles. The standard InChI is InChI=1S/C29H34N2O10/c1-17-25(41-28(34)19-12-13-19)23(40-20-8-5-4-6-9-20)11-7-10-21(29(35)39-17)31-27(33)24-26(38-16-37-18(2)32)22(36-3)14-15-30-24/h4-6,8-9,14-15,17,19,21,23,25H,7,10-13,16H2,1-3H3,(H,31,33)/t17-,21-,23-,25-/m0/s1. The predicted octanol–water partition coefficient (Wildman–Crippen LogP) is 2.97. The van der Waals surface area contributed by atoms with E-state index in [0.717, 1.165) is 12.8 Å². The molecule has 1 saturated carbocycles. The Morgan fingerprint density at radius 3 is 2.51 bits per heavy atom. The van der Waals surface area contributed by atoms with Crippen molar-refractivity contribution < 1.29 is 47.6 Å². The molecule has 1 aliphatic heterocycles. The van der Waals surface area contributed by atoms with Gasteiger partial charge >= 0.3 is 17.9 Å². The number of para-hydroxylation sites is 1. The molecule has 0 radical (unpaired) electrons. The van der Waals surface area contributed by atoms with Crippen molar-refractivity contribution in [2.45, 2.75) is 70.3 Å². The SMILES string of the molecule is COc1ccnc(C(=O)N[C@H]2CCC[C@H](Oc3ccccc3)[C@@H](OC(=O)C3CC3)[C@H](C)OC2=O)c1OCOC(C)=O. The number of carbonyl (C=O) groups excluding carboxylic acids is 4. The molecule has 4 atom stereocenters. The number of hydrogen-bond acceptors (Lipinski definition) is 11. The number of esters is 3. The van der Waals surface area contributed by atoms with Crippen LogP contribution >= 0.6 is 0 Å². The third-order valence-corrected chi connectivity index (χ3v) is 6.66. The summed E-state index contributed by atoms with van der Waals surface area (Å²) in [6.45, 7) is 2.39. The predicted molar refractivity (Wildman–Crippen MR) is 142 cm³/mol. The lowest BCUT2D eigenvalue weighted by Gasteiger charge is -2.31. The van der Waals surface area contributed by atoms with Crippen molar-refractivity contribution in [3.8, 4) is 17.2 Å². The zero-order chi connectivity index (χ0) is 29.4. The first kappa shape index (κ1) is 29.6. The molecule has 2 heterocycles. The number of nitrogens with one attached hydrogen (secondary N) is 1. The first-order chi connectivity index (χ1) is 19.8. The fourth-order valence-electron chi connectivity index (χ4n) is 4.38. The van der Waals surface area contributed by atoms with Crippen LogP contribution in [0.3, 0.4) is 0 Å². The molecule has 1 aromatic heterocycles. The van der Waals surface area contributed by atoms with E-state index < -0.39 is 49.0 Å². The van der Waals surface area contributed by atoms with Crippen LogP contribution in [-0.4, -0.2) is 67.1 Å². The summed E-state index contributed by atoms with van der Waals surface area (Å²) in [5.74, 6) is -1.74. The quantitative estimate of drug-likeness (QED) is 0.255. The number of methoxy groups -OCH3 is 1. The summed E-state index contributed by atoms with van der Waals surface area (Å²) in [7, 11) is 1.38. The van der Waals surface area contributed by atoms with Crippen molar-refractivity contribution in [2.75, 3.05) is 13.9 Å². The van der Waals surface area contributed by atoms with Crippen LogP contribution in [0, 0.1) is 5.92 Å². The van der Waals surface area contributed by atoms with Gasteiger partial charge in [0.1, 0.15) is 24.0 Å². The van der Waals surface area contributed by atoms with Crippen LogP contribution in [0.15, 0.2) is 42.6 Å². The van der Waals surface area contributed by atoms with E-state index in [2.05, 4.69) is 10.3 Å². The fourth-order valence-corrected chi connectivity index (χ4v) is 4.38. The Morgan fingerprint density at radius 1 is 1.07 bits per heavy atom. The second-order valence-corrected chi connectivity index (χ2v) is 9.83. The smallest absolute Gasteiger partial charge is 0.329 e. The number of carbonyl (C=O) groups is 4. The zero-order valence-corrected chi connectivity index (χ0v) is 23.2. The van der Waals surface area contributed by atoms with Crippen molar-refractivity contribution in [3.05, 3.63) is 48.3 Å². The molecule has 1 amide bonds. The third-order valence-electron chi connectivity index (χ3n) is 6.66. The van der Waals surface area contributed by atoms with Gasteiger partial charge in [0.15, 0.2) is 23.3 Å². The molecule has 0 unspecified atom stereocenters. The summed E-state index contributed by atoms with van der Waals surface area (Å²) in [6.07, 6.45) is 1.70. The Morgan fingerprint density at radius 2 is 1.83 bits per heavy atom. The van der Waals surface area contributed by atoms with Crippen LogP contribution < -0.4 is 19.5 Å². The minimum Gasteiger partial charge on any atom is -0.493 e. The molecular formula is C29H34N2O10. The van der Waals surface area contributed by atoms with E-state index >= 15 is 0 Å². The van der Waals surface area contributed by atoms with Gasteiger partial charge in [-0.15, -0.1) is 0 Å². The first-order valence-electron chi connectivity index (χ1n) is 13.5. The molecule has 0 spiro atoms. The van der Waals surface area contributed by atoms with E-state index in [9.17, 15) is 19.2 Å². The number of benzene rings is 1. The van der Waals surface area contributed by atoms with Crippen LogP contribution in [0.4, 0.5) is 0 Å². The molecule has 4 rings (SSSR count). The zero-order valence-electron chi connectivity index (χ0n) is 23.2. The summed E-state index contributed by atoms with van der Waals surface area (Å²) in [4.78, 5) is 54.4. The van der Waals surface area contributed by atoms with Crippen molar-refractivity contribution in [1.82, 2.24) is 10.3 Å². The summed E-state index contributed by atoms with van der Waals surface area (Å²) in [6, 6.07) is 9.58. The maximum Gasteiger partial charge on any atom is 0.329 e. The van der Waals surface area contributed by atoms with Crippen LogP contribution in [0.5, 0.6) is 17.2 Å². The average molecular weight is 571 g/mol. The van der Waals surface area contributed by atoms with E-state index in [1.54, 1.807) is 19.1 Å². The Hall–Kier alpha value is -4.35. The minimum atomic E-state index is -1.03. The number of ether oxygens (including phenoxy) is 6. The summed E-state index contributed by atoms with van der Waals surface area (Å²) in [5, 5.41) is 2.67. The normalized spacial score (nSPS) is 22.6.